The van der Waals surface area contributed by atoms with E-state index in [9.17, 15) is 17.6 Å². The molecule has 0 heterocycles. The van der Waals surface area contributed by atoms with Gasteiger partial charge >= 0.3 is 6.11 Å². The van der Waals surface area contributed by atoms with Crippen LogP contribution in [0.5, 0.6) is 5.75 Å². The summed E-state index contributed by atoms with van der Waals surface area (Å²) < 4.78 is 59.2. The van der Waals surface area contributed by atoms with Crippen molar-refractivity contribution in [3.8, 4) is 5.75 Å². The molecular weight excluding hydrogens is 272 g/mol. The van der Waals surface area contributed by atoms with Gasteiger partial charge in [-0.05, 0) is 37.6 Å². The summed E-state index contributed by atoms with van der Waals surface area (Å²) in [5, 5.41) is 0. The summed E-state index contributed by atoms with van der Waals surface area (Å²) in [4.78, 5) is 0. The SMILES string of the molecule is Cc1ccc(OC(F)(F)c2ccc(C)c(F)c2F)cc1. The Kier molecular flexibility index (Phi) is 3.70. The number of rotatable bonds is 3. The molecule has 0 aromatic heterocycles. The Hall–Kier alpha value is -2.04. The average Bonchev–Trinajstić information content (AvgIpc) is 2.38. The molecular formula is C15H12F4O. The Balaban J connectivity index is 2.35. The normalized spacial score (nSPS) is 11.5. The average molecular weight is 284 g/mol. The van der Waals surface area contributed by atoms with Gasteiger partial charge in [0.1, 0.15) is 11.3 Å². The van der Waals surface area contributed by atoms with E-state index >= 15 is 0 Å². The van der Waals surface area contributed by atoms with E-state index in [-0.39, 0.29) is 11.3 Å². The van der Waals surface area contributed by atoms with Crippen LogP contribution >= 0.6 is 0 Å². The summed E-state index contributed by atoms with van der Waals surface area (Å²) in [5.74, 6) is -3.02. The Morgan fingerprint density at radius 2 is 1.45 bits per heavy atom. The Bertz CT molecular complexity index is 621. The van der Waals surface area contributed by atoms with Crippen LogP contribution < -0.4 is 4.74 Å². The second-order valence-corrected chi connectivity index (χ2v) is 4.49. The first-order valence-electron chi connectivity index (χ1n) is 5.90. The molecule has 0 aliphatic rings. The molecule has 0 aliphatic carbocycles. The maximum atomic E-state index is 13.9. The number of alkyl halides is 2. The lowest BCUT2D eigenvalue weighted by atomic mass is 10.1. The largest absolute Gasteiger partial charge is 0.429 e. The highest BCUT2D eigenvalue weighted by Gasteiger charge is 2.39. The molecule has 0 amide bonds. The highest BCUT2D eigenvalue weighted by atomic mass is 19.3. The van der Waals surface area contributed by atoms with Crippen LogP contribution in [0.2, 0.25) is 0 Å². The van der Waals surface area contributed by atoms with Crippen LogP contribution in [0.15, 0.2) is 36.4 Å². The number of ether oxygens (including phenoxy) is 1. The van der Waals surface area contributed by atoms with E-state index in [1.165, 1.54) is 19.1 Å². The fourth-order valence-electron chi connectivity index (χ4n) is 1.68. The van der Waals surface area contributed by atoms with Gasteiger partial charge in [-0.2, -0.15) is 8.78 Å². The van der Waals surface area contributed by atoms with Crippen molar-refractivity contribution in [2.75, 3.05) is 0 Å². The fourth-order valence-corrected chi connectivity index (χ4v) is 1.68. The summed E-state index contributed by atoms with van der Waals surface area (Å²) >= 11 is 0. The first kappa shape index (κ1) is 14.4. The summed E-state index contributed by atoms with van der Waals surface area (Å²) in [6.07, 6.45) is -3.95. The van der Waals surface area contributed by atoms with Crippen LogP contribution in [0.4, 0.5) is 17.6 Å². The Morgan fingerprint density at radius 1 is 0.850 bits per heavy atom. The van der Waals surface area contributed by atoms with Crippen molar-refractivity contribution in [2.24, 2.45) is 0 Å². The van der Waals surface area contributed by atoms with Crippen LogP contribution in [-0.2, 0) is 6.11 Å². The zero-order valence-corrected chi connectivity index (χ0v) is 10.9. The van der Waals surface area contributed by atoms with Gasteiger partial charge in [-0.25, -0.2) is 8.78 Å². The second-order valence-electron chi connectivity index (χ2n) is 4.49. The summed E-state index contributed by atoms with van der Waals surface area (Å²) in [6.45, 7) is 3.08. The van der Waals surface area contributed by atoms with Crippen LogP contribution in [-0.4, -0.2) is 0 Å². The molecule has 5 heteroatoms. The third kappa shape index (κ3) is 2.76. The molecule has 2 aromatic carbocycles. The molecule has 0 saturated heterocycles. The van der Waals surface area contributed by atoms with Crippen LogP contribution in [0.25, 0.3) is 0 Å². The van der Waals surface area contributed by atoms with Gasteiger partial charge < -0.3 is 4.74 Å². The third-order valence-electron chi connectivity index (χ3n) is 2.86. The molecule has 0 N–H and O–H groups in total. The van der Waals surface area contributed by atoms with Crippen LogP contribution in [0, 0.1) is 25.5 Å². The van der Waals surface area contributed by atoms with Gasteiger partial charge in [0.05, 0.1) is 0 Å². The van der Waals surface area contributed by atoms with E-state index in [0.717, 1.165) is 17.7 Å². The molecule has 0 bridgehead atoms. The highest BCUT2D eigenvalue weighted by Crippen LogP contribution is 2.34. The van der Waals surface area contributed by atoms with Crippen molar-refractivity contribution in [2.45, 2.75) is 20.0 Å². The second kappa shape index (κ2) is 5.15. The minimum atomic E-state index is -3.95. The van der Waals surface area contributed by atoms with E-state index in [0.29, 0.717) is 0 Å². The predicted octanol–water partition coefficient (Wildman–Crippen LogP) is 4.71. The smallest absolute Gasteiger partial charge is 0.429 e. The molecule has 1 nitrogen and oxygen atoms in total. The summed E-state index contributed by atoms with van der Waals surface area (Å²) in [6, 6.07) is 7.74. The van der Waals surface area contributed by atoms with Crippen molar-refractivity contribution in [1.29, 1.82) is 0 Å². The van der Waals surface area contributed by atoms with Crippen LogP contribution in [0.1, 0.15) is 16.7 Å². The monoisotopic (exact) mass is 284 g/mol. The van der Waals surface area contributed by atoms with Crippen molar-refractivity contribution < 1.29 is 22.3 Å². The number of benzene rings is 2. The lowest BCUT2D eigenvalue weighted by Crippen LogP contribution is -2.24. The molecule has 0 spiro atoms. The van der Waals surface area contributed by atoms with Gasteiger partial charge in [0, 0.05) is 0 Å². The molecule has 0 atom stereocenters. The first-order valence-corrected chi connectivity index (χ1v) is 5.90. The van der Waals surface area contributed by atoms with Crippen molar-refractivity contribution >= 4 is 0 Å². The third-order valence-corrected chi connectivity index (χ3v) is 2.86. The number of aryl methyl sites for hydroxylation is 2. The minimum absolute atomic E-state index is 0.0441. The Labute approximate surface area is 113 Å². The van der Waals surface area contributed by atoms with Gasteiger partial charge in [-0.1, -0.05) is 23.8 Å². The molecule has 0 unspecified atom stereocenters. The first-order chi connectivity index (χ1) is 9.31. The standard InChI is InChI=1S/C15H12F4O/c1-9-3-6-11(7-4-9)20-15(18,19)12-8-5-10(2)13(16)14(12)17/h3-8H,1-2H3. The van der Waals surface area contributed by atoms with Gasteiger partial charge in [0.25, 0.3) is 0 Å². The molecule has 2 rings (SSSR count). The van der Waals surface area contributed by atoms with Gasteiger partial charge in [-0.15, -0.1) is 0 Å². The molecule has 0 fully saturated rings. The zero-order chi connectivity index (χ0) is 14.9. The summed E-state index contributed by atoms with van der Waals surface area (Å²) in [5.41, 5.74) is -0.299. The van der Waals surface area contributed by atoms with E-state index in [1.54, 1.807) is 19.1 Å². The van der Waals surface area contributed by atoms with E-state index < -0.39 is 23.3 Å². The van der Waals surface area contributed by atoms with Gasteiger partial charge in [-0.3, -0.25) is 0 Å². The topological polar surface area (TPSA) is 9.23 Å². The van der Waals surface area contributed by atoms with Gasteiger partial charge in [0.15, 0.2) is 11.6 Å². The van der Waals surface area contributed by atoms with E-state index in [1.807, 2.05) is 0 Å². The van der Waals surface area contributed by atoms with Gasteiger partial charge in [0.2, 0.25) is 0 Å². The lowest BCUT2D eigenvalue weighted by Gasteiger charge is -2.19. The minimum Gasteiger partial charge on any atom is -0.429 e. The number of halogens is 4. The number of hydrogen-bond acceptors (Lipinski definition) is 1. The van der Waals surface area contributed by atoms with Crippen molar-refractivity contribution in [1.82, 2.24) is 0 Å². The summed E-state index contributed by atoms with van der Waals surface area (Å²) in [7, 11) is 0. The Morgan fingerprint density at radius 3 is 2.05 bits per heavy atom. The molecule has 0 radical (unpaired) electrons. The molecule has 0 saturated carbocycles. The van der Waals surface area contributed by atoms with Crippen molar-refractivity contribution in [3.63, 3.8) is 0 Å². The fraction of sp³-hybridized carbons (Fsp3) is 0.200. The van der Waals surface area contributed by atoms with Crippen molar-refractivity contribution in [3.05, 3.63) is 64.7 Å². The number of hydrogen-bond donors (Lipinski definition) is 0. The van der Waals surface area contributed by atoms with E-state index in [2.05, 4.69) is 4.74 Å². The van der Waals surface area contributed by atoms with E-state index in [4.69, 9.17) is 0 Å². The maximum Gasteiger partial charge on any atom is 0.429 e. The molecule has 20 heavy (non-hydrogen) atoms. The van der Waals surface area contributed by atoms with Crippen LogP contribution in [0.3, 0.4) is 0 Å². The quantitative estimate of drug-likeness (QED) is 0.742. The predicted molar refractivity (Wildman–Crippen MR) is 66.8 cm³/mol. The molecule has 106 valence electrons. The lowest BCUT2D eigenvalue weighted by molar-refractivity contribution is -0.187. The highest BCUT2D eigenvalue weighted by molar-refractivity contribution is 5.30. The maximum absolute atomic E-state index is 13.9. The zero-order valence-electron chi connectivity index (χ0n) is 10.9. The molecule has 2 aromatic rings. The molecule has 0 aliphatic heterocycles.